The second-order valence-corrected chi connectivity index (χ2v) is 5.15. The molecule has 4 N–H and O–H groups in total. The molecule has 1 aromatic heterocycles. The quantitative estimate of drug-likeness (QED) is 0.746. The number of nitrogen functional groups attached to an aromatic ring is 1. The highest BCUT2D eigenvalue weighted by Gasteiger charge is 2.14. The van der Waals surface area contributed by atoms with E-state index in [2.05, 4.69) is 32.4 Å². The fourth-order valence-corrected chi connectivity index (χ4v) is 2.50. The van der Waals surface area contributed by atoms with Crippen LogP contribution in [0.15, 0.2) is 6.07 Å². The number of rotatable bonds is 5. The number of nitrogens with two attached hydrogens (primary N) is 1. The molecule has 2 heterocycles. The lowest BCUT2D eigenvalue weighted by Gasteiger charge is -2.29. The van der Waals surface area contributed by atoms with Crippen molar-refractivity contribution in [3.8, 4) is 0 Å². The number of piperidine rings is 1. The van der Waals surface area contributed by atoms with Crippen molar-refractivity contribution in [3.05, 3.63) is 6.07 Å². The maximum atomic E-state index is 5.68. The number of nitrogens with zero attached hydrogens (tertiary/aromatic N) is 3. The van der Waals surface area contributed by atoms with Crippen molar-refractivity contribution in [1.29, 1.82) is 0 Å². The minimum Gasteiger partial charge on any atom is -0.373 e. The molecule has 0 aliphatic carbocycles. The van der Waals surface area contributed by atoms with Crippen LogP contribution in [0.3, 0.4) is 0 Å². The highest BCUT2D eigenvalue weighted by Crippen LogP contribution is 2.14. The van der Waals surface area contributed by atoms with E-state index in [-0.39, 0.29) is 0 Å². The molecule has 19 heavy (non-hydrogen) atoms. The van der Waals surface area contributed by atoms with Gasteiger partial charge in [-0.2, -0.15) is 9.97 Å². The van der Waals surface area contributed by atoms with Gasteiger partial charge in [-0.3, -0.25) is 0 Å². The van der Waals surface area contributed by atoms with Gasteiger partial charge in [-0.05, 0) is 32.9 Å². The van der Waals surface area contributed by atoms with Crippen molar-refractivity contribution >= 4 is 17.6 Å². The zero-order chi connectivity index (χ0) is 13.7. The van der Waals surface area contributed by atoms with Crippen molar-refractivity contribution in [3.63, 3.8) is 0 Å². The van der Waals surface area contributed by atoms with E-state index in [9.17, 15) is 0 Å². The summed E-state index contributed by atoms with van der Waals surface area (Å²) in [5.41, 5.74) is 5.68. The van der Waals surface area contributed by atoms with Gasteiger partial charge in [0.05, 0.1) is 0 Å². The number of nitrogens with one attached hydrogen (secondary N) is 2. The molecule has 6 nitrogen and oxygen atoms in total. The molecule has 1 atom stereocenters. The number of hydrogen-bond acceptors (Lipinski definition) is 6. The van der Waals surface area contributed by atoms with Crippen molar-refractivity contribution in [2.45, 2.75) is 32.2 Å². The molecule has 6 heteroatoms. The SMILES string of the molecule is CNc1cc(NC(C)CN2CCCCC2)nc(N)n1. The van der Waals surface area contributed by atoms with Crippen molar-refractivity contribution in [2.24, 2.45) is 0 Å². The summed E-state index contributed by atoms with van der Waals surface area (Å²) in [5, 5.41) is 6.37. The average Bonchev–Trinajstić information content (AvgIpc) is 2.38. The first-order valence-corrected chi connectivity index (χ1v) is 6.98. The van der Waals surface area contributed by atoms with E-state index in [1.54, 1.807) is 0 Å². The summed E-state index contributed by atoms with van der Waals surface area (Å²) in [6.45, 7) is 5.63. The maximum absolute atomic E-state index is 5.68. The topological polar surface area (TPSA) is 79.1 Å². The Morgan fingerprint density at radius 3 is 2.63 bits per heavy atom. The van der Waals surface area contributed by atoms with Crippen molar-refractivity contribution < 1.29 is 0 Å². The molecule has 0 amide bonds. The van der Waals surface area contributed by atoms with Gasteiger partial charge in [0, 0.05) is 25.7 Å². The van der Waals surface area contributed by atoms with Crippen molar-refractivity contribution in [1.82, 2.24) is 14.9 Å². The van der Waals surface area contributed by atoms with E-state index < -0.39 is 0 Å². The normalized spacial score (nSPS) is 18.0. The highest BCUT2D eigenvalue weighted by molar-refractivity contribution is 5.51. The molecule has 1 saturated heterocycles. The van der Waals surface area contributed by atoms with E-state index in [0.29, 0.717) is 12.0 Å². The van der Waals surface area contributed by atoms with Crippen LogP contribution in [0.25, 0.3) is 0 Å². The van der Waals surface area contributed by atoms with Gasteiger partial charge in [0.25, 0.3) is 0 Å². The Morgan fingerprint density at radius 2 is 1.95 bits per heavy atom. The van der Waals surface area contributed by atoms with Crippen LogP contribution >= 0.6 is 0 Å². The highest BCUT2D eigenvalue weighted by atomic mass is 15.2. The molecule has 1 fully saturated rings. The minimum atomic E-state index is 0.291. The molecule has 0 bridgehead atoms. The second kappa shape index (κ2) is 6.56. The van der Waals surface area contributed by atoms with Crippen LogP contribution in [0.1, 0.15) is 26.2 Å². The summed E-state index contributed by atoms with van der Waals surface area (Å²) in [6, 6.07) is 2.22. The molecular formula is C13H24N6. The Bertz CT molecular complexity index is 402. The third kappa shape index (κ3) is 4.24. The standard InChI is InChI=1S/C13H24N6/c1-10(9-19-6-4-3-5-7-19)16-12-8-11(15-2)17-13(14)18-12/h8,10H,3-7,9H2,1-2H3,(H4,14,15,16,17,18). The first-order chi connectivity index (χ1) is 9.17. The fraction of sp³-hybridized carbons (Fsp3) is 0.692. The number of anilines is 3. The van der Waals surface area contributed by atoms with E-state index in [1.807, 2.05) is 13.1 Å². The smallest absolute Gasteiger partial charge is 0.223 e. The first kappa shape index (κ1) is 13.9. The summed E-state index contributed by atoms with van der Waals surface area (Å²) in [6.07, 6.45) is 4.00. The predicted octanol–water partition coefficient (Wildman–Crippen LogP) is 1.39. The van der Waals surface area contributed by atoms with Gasteiger partial charge in [0.15, 0.2) is 0 Å². The summed E-state index contributed by atoms with van der Waals surface area (Å²) in [4.78, 5) is 10.8. The number of hydrogen-bond donors (Lipinski definition) is 3. The van der Waals surface area contributed by atoms with Crippen LogP contribution in [0, 0.1) is 0 Å². The Morgan fingerprint density at radius 1 is 1.26 bits per heavy atom. The molecular weight excluding hydrogens is 240 g/mol. The first-order valence-electron chi connectivity index (χ1n) is 6.98. The zero-order valence-electron chi connectivity index (χ0n) is 11.8. The number of aromatic nitrogens is 2. The Balaban J connectivity index is 1.90. The van der Waals surface area contributed by atoms with Crippen LogP contribution in [-0.4, -0.2) is 47.6 Å². The molecule has 2 rings (SSSR count). The van der Waals surface area contributed by atoms with E-state index in [0.717, 1.165) is 18.2 Å². The number of likely N-dealkylation sites (tertiary alicyclic amines) is 1. The predicted molar refractivity (Wildman–Crippen MR) is 79.4 cm³/mol. The van der Waals surface area contributed by atoms with Gasteiger partial charge < -0.3 is 21.3 Å². The molecule has 1 aliphatic heterocycles. The summed E-state index contributed by atoms with van der Waals surface area (Å²) in [7, 11) is 1.82. The van der Waals surface area contributed by atoms with E-state index >= 15 is 0 Å². The van der Waals surface area contributed by atoms with Crippen LogP contribution in [-0.2, 0) is 0 Å². The van der Waals surface area contributed by atoms with Gasteiger partial charge in [-0.25, -0.2) is 0 Å². The van der Waals surface area contributed by atoms with E-state index in [1.165, 1.54) is 32.4 Å². The Labute approximate surface area is 114 Å². The minimum absolute atomic E-state index is 0.291. The van der Waals surface area contributed by atoms with Gasteiger partial charge in [-0.1, -0.05) is 6.42 Å². The lowest BCUT2D eigenvalue weighted by Crippen LogP contribution is -2.38. The van der Waals surface area contributed by atoms with Crippen LogP contribution in [0.5, 0.6) is 0 Å². The third-order valence-corrected chi connectivity index (χ3v) is 3.37. The lowest BCUT2D eigenvalue weighted by molar-refractivity contribution is 0.223. The summed E-state index contributed by atoms with van der Waals surface area (Å²) < 4.78 is 0. The summed E-state index contributed by atoms with van der Waals surface area (Å²) in [5.74, 6) is 1.81. The molecule has 0 radical (unpaired) electrons. The van der Waals surface area contributed by atoms with Crippen LogP contribution < -0.4 is 16.4 Å². The molecule has 1 unspecified atom stereocenters. The van der Waals surface area contributed by atoms with Crippen LogP contribution in [0.2, 0.25) is 0 Å². The van der Waals surface area contributed by atoms with Gasteiger partial charge >= 0.3 is 0 Å². The molecule has 0 saturated carbocycles. The molecule has 0 spiro atoms. The maximum Gasteiger partial charge on any atom is 0.223 e. The molecule has 1 aromatic rings. The average molecular weight is 264 g/mol. The molecule has 1 aliphatic rings. The zero-order valence-corrected chi connectivity index (χ0v) is 11.8. The fourth-order valence-electron chi connectivity index (χ4n) is 2.50. The van der Waals surface area contributed by atoms with Crippen LogP contribution in [0.4, 0.5) is 17.6 Å². The van der Waals surface area contributed by atoms with Gasteiger partial charge in [-0.15, -0.1) is 0 Å². The Kier molecular flexibility index (Phi) is 4.79. The molecule has 0 aromatic carbocycles. The van der Waals surface area contributed by atoms with E-state index in [4.69, 9.17) is 5.73 Å². The molecule has 106 valence electrons. The van der Waals surface area contributed by atoms with Crippen molar-refractivity contribution in [2.75, 3.05) is 43.0 Å². The van der Waals surface area contributed by atoms with Gasteiger partial charge in [0.2, 0.25) is 5.95 Å². The summed E-state index contributed by atoms with van der Waals surface area (Å²) >= 11 is 0. The second-order valence-electron chi connectivity index (χ2n) is 5.15. The lowest BCUT2D eigenvalue weighted by atomic mass is 10.1. The third-order valence-electron chi connectivity index (χ3n) is 3.37. The largest absolute Gasteiger partial charge is 0.373 e. The monoisotopic (exact) mass is 264 g/mol. The van der Waals surface area contributed by atoms with Gasteiger partial charge in [0.1, 0.15) is 11.6 Å². The Hall–Kier alpha value is -1.56.